The number of ether oxygens (including phenoxy) is 1. The Balaban J connectivity index is 2.29. The van der Waals surface area contributed by atoms with Crippen molar-refractivity contribution in [3.05, 3.63) is 36.2 Å². The van der Waals surface area contributed by atoms with Crippen LogP contribution in [0.1, 0.15) is 0 Å². The molecular weight excluding hydrogens is 274 g/mol. The van der Waals surface area contributed by atoms with Gasteiger partial charge in [0.15, 0.2) is 17.4 Å². The van der Waals surface area contributed by atoms with E-state index < -0.39 is 29.2 Å². The Bertz CT molecular complexity index is 666. The van der Waals surface area contributed by atoms with Gasteiger partial charge in [0, 0.05) is 18.2 Å². The van der Waals surface area contributed by atoms with E-state index >= 15 is 0 Å². The van der Waals surface area contributed by atoms with Gasteiger partial charge in [-0.05, 0) is 0 Å². The van der Waals surface area contributed by atoms with Crippen LogP contribution in [0.2, 0.25) is 0 Å². The summed E-state index contributed by atoms with van der Waals surface area (Å²) in [7, 11) is 0. The van der Waals surface area contributed by atoms with Crippen molar-refractivity contribution in [2.24, 2.45) is 0 Å². The third-order valence-corrected chi connectivity index (χ3v) is 2.14. The third-order valence-electron chi connectivity index (χ3n) is 2.14. The maximum absolute atomic E-state index is 13.7. The standard InChI is InChI=1S/C11H8F2N4O3/c12-5-2-8(6(13)1-7(5)17-11(18)19)20-10-3-9(14)15-4-16-10/h1-4,17H,(H,18,19)(H2,14,15,16). The van der Waals surface area contributed by atoms with Crippen molar-refractivity contribution >= 4 is 17.6 Å². The van der Waals surface area contributed by atoms with E-state index in [1.165, 1.54) is 6.07 Å². The topological polar surface area (TPSA) is 110 Å². The SMILES string of the molecule is Nc1cc(Oc2cc(F)c(NC(=O)O)cc2F)ncn1. The summed E-state index contributed by atoms with van der Waals surface area (Å²) < 4.78 is 32.2. The zero-order chi connectivity index (χ0) is 14.7. The molecule has 0 unspecified atom stereocenters. The smallest absolute Gasteiger partial charge is 0.409 e. The van der Waals surface area contributed by atoms with Crippen LogP contribution in [0, 0.1) is 11.6 Å². The molecule has 0 spiro atoms. The van der Waals surface area contributed by atoms with Crippen LogP contribution in [-0.4, -0.2) is 21.2 Å². The van der Waals surface area contributed by atoms with E-state index in [1.54, 1.807) is 5.32 Å². The van der Waals surface area contributed by atoms with Gasteiger partial charge in [0.05, 0.1) is 5.69 Å². The van der Waals surface area contributed by atoms with Crippen molar-refractivity contribution in [3.63, 3.8) is 0 Å². The lowest BCUT2D eigenvalue weighted by atomic mass is 10.2. The van der Waals surface area contributed by atoms with Crippen LogP contribution in [0.3, 0.4) is 0 Å². The van der Waals surface area contributed by atoms with Crippen molar-refractivity contribution in [1.82, 2.24) is 9.97 Å². The average molecular weight is 282 g/mol. The molecular formula is C11H8F2N4O3. The van der Waals surface area contributed by atoms with E-state index in [-0.39, 0.29) is 11.7 Å². The fraction of sp³-hybridized carbons (Fsp3) is 0. The molecule has 0 saturated carbocycles. The highest BCUT2D eigenvalue weighted by Crippen LogP contribution is 2.28. The number of aromatic nitrogens is 2. The summed E-state index contributed by atoms with van der Waals surface area (Å²) in [5.74, 6) is -2.40. The molecule has 7 nitrogen and oxygen atoms in total. The maximum atomic E-state index is 13.7. The van der Waals surface area contributed by atoms with Crippen molar-refractivity contribution in [1.29, 1.82) is 0 Å². The Hall–Kier alpha value is -2.97. The van der Waals surface area contributed by atoms with Gasteiger partial charge in [0.2, 0.25) is 5.88 Å². The summed E-state index contributed by atoms with van der Waals surface area (Å²) in [5.41, 5.74) is 4.86. The Morgan fingerprint density at radius 2 is 2.00 bits per heavy atom. The number of anilines is 2. The first-order valence-electron chi connectivity index (χ1n) is 5.20. The number of amides is 1. The summed E-state index contributed by atoms with van der Waals surface area (Å²) in [6, 6.07) is 2.57. The Morgan fingerprint density at radius 3 is 2.65 bits per heavy atom. The van der Waals surface area contributed by atoms with Crippen molar-refractivity contribution in [2.45, 2.75) is 0 Å². The molecule has 0 atom stereocenters. The zero-order valence-electron chi connectivity index (χ0n) is 9.80. The van der Waals surface area contributed by atoms with E-state index in [0.29, 0.717) is 12.1 Å². The minimum absolute atomic E-state index is 0.0743. The van der Waals surface area contributed by atoms with E-state index in [2.05, 4.69) is 9.97 Å². The summed E-state index contributed by atoms with van der Waals surface area (Å²) in [4.78, 5) is 17.7. The first kappa shape index (κ1) is 13.5. The van der Waals surface area contributed by atoms with Crippen LogP contribution < -0.4 is 15.8 Å². The highest BCUT2D eigenvalue weighted by molar-refractivity contribution is 5.83. The van der Waals surface area contributed by atoms with E-state index in [0.717, 1.165) is 6.33 Å². The van der Waals surface area contributed by atoms with Crippen LogP contribution in [0.5, 0.6) is 11.6 Å². The van der Waals surface area contributed by atoms with Gasteiger partial charge in [-0.3, -0.25) is 5.32 Å². The van der Waals surface area contributed by atoms with Crippen LogP contribution in [0.4, 0.5) is 25.1 Å². The number of nitrogens with zero attached hydrogens (tertiary/aromatic N) is 2. The van der Waals surface area contributed by atoms with Gasteiger partial charge in [-0.15, -0.1) is 0 Å². The molecule has 0 aliphatic heterocycles. The number of hydrogen-bond acceptors (Lipinski definition) is 5. The number of nitrogen functional groups attached to an aromatic ring is 1. The number of nitrogens with two attached hydrogens (primary N) is 1. The lowest BCUT2D eigenvalue weighted by molar-refractivity contribution is 0.209. The summed E-state index contributed by atoms with van der Waals surface area (Å²) in [5, 5.41) is 10.2. The van der Waals surface area contributed by atoms with Crippen molar-refractivity contribution < 1.29 is 23.4 Å². The molecule has 104 valence electrons. The Morgan fingerprint density at radius 1 is 1.25 bits per heavy atom. The molecule has 20 heavy (non-hydrogen) atoms. The van der Waals surface area contributed by atoms with E-state index in [9.17, 15) is 13.6 Å². The molecule has 2 aromatic rings. The molecule has 2 rings (SSSR count). The predicted octanol–water partition coefficient (Wildman–Crippen LogP) is 2.22. The zero-order valence-corrected chi connectivity index (χ0v) is 9.80. The van der Waals surface area contributed by atoms with Gasteiger partial charge >= 0.3 is 6.09 Å². The monoisotopic (exact) mass is 282 g/mol. The molecule has 1 heterocycles. The Kier molecular flexibility index (Phi) is 3.60. The number of nitrogens with one attached hydrogen (secondary N) is 1. The van der Waals surface area contributed by atoms with Gasteiger partial charge in [-0.25, -0.2) is 23.5 Å². The van der Waals surface area contributed by atoms with Gasteiger partial charge in [-0.1, -0.05) is 0 Å². The normalized spacial score (nSPS) is 10.1. The Labute approximate surface area is 111 Å². The van der Waals surface area contributed by atoms with Crippen LogP contribution >= 0.6 is 0 Å². The third kappa shape index (κ3) is 3.07. The second-order valence-electron chi connectivity index (χ2n) is 3.58. The van der Waals surface area contributed by atoms with Gasteiger partial charge in [0.25, 0.3) is 0 Å². The number of hydrogen-bond donors (Lipinski definition) is 3. The molecule has 0 radical (unpaired) electrons. The number of carboxylic acid groups (broad SMARTS) is 1. The van der Waals surface area contributed by atoms with E-state index in [4.69, 9.17) is 15.6 Å². The quantitative estimate of drug-likeness (QED) is 0.796. The van der Waals surface area contributed by atoms with Crippen molar-refractivity contribution in [2.75, 3.05) is 11.1 Å². The number of rotatable bonds is 3. The molecule has 9 heteroatoms. The van der Waals surface area contributed by atoms with Crippen LogP contribution in [-0.2, 0) is 0 Å². The number of carbonyl (C=O) groups is 1. The molecule has 0 aliphatic rings. The first-order chi connectivity index (χ1) is 9.45. The highest BCUT2D eigenvalue weighted by atomic mass is 19.1. The van der Waals surface area contributed by atoms with Gasteiger partial charge in [0.1, 0.15) is 12.1 Å². The fourth-order valence-corrected chi connectivity index (χ4v) is 1.34. The van der Waals surface area contributed by atoms with Gasteiger partial charge in [-0.2, -0.15) is 0 Å². The average Bonchev–Trinajstić information content (AvgIpc) is 2.35. The second-order valence-corrected chi connectivity index (χ2v) is 3.58. The lowest BCUT2D eigenvalue weighted by Gasteiger charge is -2.08. The predicted molar refractivity (Wildman–Crippen MR) is 64.5 cm³/mol. The molecule has 1 aromatic heterocycles. The summed E-state index contributed by atoms with van der Waals surface area (Å²) >= 11 is 0. The second kappa shape index (κ2) is 5.34. The number of benzene rings is 1. The number of halogens is 2. The molecule has 0 fully saturated rings. The molecule has 1 amide bonds. The molecule has 0 aliphatic carbocycles. The summed E-state index contributed by atoms with van der Waals surface area (Å²) in [6.07, 6.45) is -0.417. The minimum atomic E-state index is -1.51. The fourth-order valence-electron chi connectivity index (χ4n) is 1.34. The van der Waals surface area contributed by atoms with Crippen LogP contribution in [0.25, 0.3) is 0 Å². The minimum Gasteiger partial charge on any atom is -0.465 e. The van der Waals surface area contributed by atoms with E-state index in [1.807, 2.05) is 0 Å². The maximum Gasteiger partial charge on any atom is 0.409 e. The molecule has 0 saturated heterocycles. The van der Waals surface area contributed by atoms with Crippen molar-refractivity contribution in [3.8, 4) is 11.6 Å². The molecule has 1 aromatic carbocycles. The first-order valence-corrected chi connectivity index (χ1v) is 5.20. The van der Waals surface area contributed by atoms with Gasteiger partial charge < -0.3 is 15.6 Å². The molecule has 4 N–H and O–H groups in total. The molecule has 0 bridgehead atoms. The highest BCUT2D eigenvalue weighted by Gasteiger charge is 2.14. The lowest BCUT2D eigenvalue weighted by Crippen LogP contribution is -2.09. The summed E-state index contributed by atoms with van der Waals surface area (Å²) in [6.45, 7) is 0. The largest absolute Gasteiger partial charge is 0.465 e. The van der Waals surface area contributed by atoms with Crippen LogP contribution in [0.15, 0.2) is 24.5 Å².